The minimum absolute atomic E-state index is 0.135. The quantitative estimate of drug-likeness (QED) is 0.706. The molecule has 0 spiro atoms. The van der Waals surface area contributed by atoms with Crippen molar-refractivity contribution in [3.63, 3.8) is 0 Å². The van der Waals surface area contributed by atoms with E-state index in [4.69, 9.17) is 5.14 Å². The van der Waals surface area contributed by atoms with Gasteiger partial charge in [-0.25, -0.2) is 23.5 Å². The molecule has 0 saturated carbocycles. The Bertz CT molecular complexity index is 404. The van der Waals surface area contributed by atoms with Crippen LogP contribution < -0.4 is 10.5 Å². The first-order valence-electron chi connectivity index (χ1n) is 4.01. The van der Waals surface area contributed by atoms with E-state index in [1.54, 1.807) is 12.3 Å². The molecule has 3 N–H and O–H groups in total. The molecule has 1 rings (SSSR count). The van der Waals surface area contributed by atoms with Crippen LogP contribution in [0.4, 0.5) is 5.95 Å². The first kappa shape index (κ1) is 10.9. The molecule has 1 aromatic heterocycles. The van der Waals surface area contributed by atoms with Crippen LogP contribution >= 0.6 is 0 Å². The zero-order valence-corrected chi connectivity index (χ0v) is 8.58. The van der Waals surface area contributed by atoms with Crippen LogP contribution in [0, 0.1) is 6.92 Å². The largest absolute Gasteiger partial charge is 0.353 e. The SMILES string of the molecule is Cc1ccnc(NCCS(N)(=O)=O)n1. The van der Waals surface area contributed by atoms with Crippen molar-refractivity contribution in [1.29, 1.82) is 0 Å². The summed E-state index contributed by atoms with van der Waals surface area (Å²) in [5.41, 5.74) is 0.818. The number of nitrogens with zero attached hydrogens (tertiary/aromatic N) is 2. The van der Waals surface area contributed by atoms with Gasteiger partial charge in [-0.2, -0.15) is 0 Å². The fourth-order valence-electron chi connectivity index (χ4n) is 0.839. The van der Waals surface area contributed by atoms with Crippen LogP contribution in [0.25, 0.3) is 0 Å². The lowest BCUT2D eigenvalue weighted by molar-refractivity contribution is 0.598. The zero-order valence-electron chi connectivity index (χ0n) is 7.77. The van der Waals surface area contributed by atoms with E-state index in [0.29, 0.717) is 5.95 Å². The second-order valence-corrected chi connectivity index (χ2v) is 4.55. The van der Waals surface area contributed by atoms with E-state index in [1.165, 1.54) is 0 Å². The second-order valence-electron chi connectivity index (χ2n) is 2.82. The number of aromatic nitrogens is 2. The maximum absolute atomic E-state index is 10.6. The summed E-state index contributed by atoms with van der Waals surface area (Å²) in [6, 6.07) is 1.75. The molecule has 1 heterocycles. The molecule has 0 radical (unpaired) electrons. The van der Waals surface area contributed by atoms with E-state index < -0.39 is 10.0 Å². The Morgan fingerprint density at radius 3 is 2.86 bits per heavy atom. The van der Waals surface area contributed by atoms with Crippen molar-refractivity contribution in [1.82, 2.24) is 9.97 Å². The summed E-state index contributed by atoms with van der Waals surface area (Å²) in [6.07, 6.45) is 1.60. The minimum Gasteiger partial charge on any atom is -0.353 e. The van der Waals surface area contributed by atoms with Gasteiger partial charge >= 0.3 is 0 Å². The molecule has 0 aliphatic heterocycles. The molecule has 14 heavy (non-hydrogen) atoms. The summed E-state index contributed by atoms with van der Waals surface area (Å²) in [5, 5.41) is 7.58. The molecule has 0 atom stereocenters. The standard InChI is InChI=1S/C7H12N4O2S/c1-6-2-3-9-7(11-6)10-4-5-14(8,12)13/h2-3H,4-5H2,1H3,(H2,8,12,13)(H,9,10,11). The normalized spacial score (nSPS) is 11.3. The van der Waals surface area contributed by atoms with Crippen molar-refractivity contribution in [3.8, 4) is 0 Å². The first-order chi connectivity index (χ1) is 6.47. The van der Waals surface area contributed by atoms with Crippen LogP contribution in [-0.4, -0.2) is 30.7 Å². The Morgan fingerprint density at radius 2 is 2.29 bits per heavy atom. The third-order valence-electron chi connectivity index (χ3n) is 1.46. The Hall–Kier alpha value is -1.21. The number of nitrogens with two attached hydrogens (primary N) is 1. The van der Waals surface area contributed by atoms with Crippen molar-refractivity contribution < 1.29 is 8.42 Å². The van der Waals surface area contributed by atoms with Crippen molar-refractivity contribution in [3.05, 3.63) is 18.0 Å². The summed E-state index contributed by atoms with van der Waals surface area (Å²) < 4.78 is 21.2. The van der Waals surface area contributed by atoms with Crippen LogP contribution in [-0.2, 0) is 10.0 Å². The second kappa shape index (κ2) is 4.34. The van der Waals surface area contributed by atoms with Gasteiger partial charge in [-0.05, 0) is 13.0 Å². The smallest absolute Gasteiger partial charge is 0.222 e. The monoisotopic (exact) mass is 216 g/mol. The zero-order chi connectivity index (χ0) is 10.6. The van der Waals surface area contributed by atoms with Crippen molar-refractivity contribution in [2.75, 3.05) is 17.6 Å². The van der Waals surface area contributed by atoms with Gasteiger partial charge in [0.05, 0.1) is 5.75 Å². The van der Waals surface area contributed by atoms with E-state index in [9.17, 15) is 8.42 Å². The number of hydrogen-bond acceptors (Lipinski definition) is 5. The summed E-state index contributed by atoms with van der Waals surface area (Å²) >= 11 is 0. The molecule has 0 aliphatic carbocycles. The topological polar surface area (TPSA) is 98.0 Å². The molecule has 6 nitrogen and oxygen atoms in total. The van der Waals surface area contributed by atoms with Gasteiger partial charge < -0.3 is 5.32 Å². The highest BCUT2D eigenvalue weighted by molar-refractivity contribution is 7.89. The molecule has 0 fully saturated rings. The third-order valence-corrected chi connectivity index (χ3v) is 2.24. The fourth-order valence-corrected chi connectivity index (χ4v) is 1.23. The van der Waals surface area contributed by atoms with Crippen molar-refractivity contribution in [2.24, 2.45) is 5.14 Å². The molecular formula is C7H12N4O2S. The number of aryl methyl sites for hydroxylation is 1. The van der Waals surface area contributed by atoms with Crippen LogP contribution in [0.5, 0.6) is 0 Å². The average molecular weight is 216 g/mol. The Labute approximate surface area is 82.6 Å². The maximum Gasteiger partial charge on any atom is 0.222 e. The van der Waals surface area contributed by atoms with Crippen LogP contribution in [0.15, 0.2) is 12.3 Å². The Balaban J connectivity index is 2.47. The molecule has 0 bridgehead atoms. The third kappa shape index (κ3) is 4.15. The van der Waals surface area contributed by atoms with Gasteiger partial charge in [0.2, 0.25) is 16.0 Å². The average Bonchev–Trinajstić information content (AvgIpc) is 2.01. The van der Waals surface area contributed by atoms with Gasteiger partial charge in [-0.1, -0.05) is 0 Å². The molecule has 0 aromatic carbocycles. The lowest BCUT2D eigenvalue weighted by Gasteiger charge is -2.03. The van der Waals surface area contributed by atoms with E-state index in [0.717, 1.165) is 5.69 Å². The van der Waals surface area contributed by atoms with E-state index >= 15 is 0 Å². The van der Waals surface area contributed by atoms with E-state index in [2.05, 4.69) is 15.3 Å². The molecule has 1 aromatic rings. The predicted octanol–water partition coefficient (Wildman–Crippen LogP) is -0.515. The van der Waals surface area contributed by atoms with Gasteiger partial charge in [0.1, 0.15) is 0 Å². The molecular weight excluding hydrogens is 204 g/mol. The summed E-state index contributed by atoms with van der Waals surface area (Å²) in [5.74, 6) is 0.276. The molecule has 0 unspecified atom stereocenters. The number of rotatable bonds is 4. The highest BCUT2D eigenvalue weighted by Crippen LogP contribution is 1.97. The summed E-state index contributed by atoms with van der Waals surface area (Å²) in [4.78, 5) is 7.94. The lowest BCUT2D eigenvalue weighted by Crippen LogP contribution is -2.22. The number of primary sulfonamides is 1. The summed E-state index contributed by atoms with van der Waals surface area (Å²) in [7, 11) is -3.42. The Morgan fingerprint density at radius 1 is 1.57 bits per heavy atom. The summed E-state index contributed by atoms with van der Waals surface area (Å²) in [6.45, 7) is 2.04. The molecule has 78 valence electrons. The predicted molar refractivity (Wildman–Crippen MR) is 53.2 cm³/mol. The van der Waals surface area contributed by atoms with Gasteiger partial charge in [-0.3, -0.25) is 0 Å². The van der Waals surface area contributed by atoms with E-state index in [-0.39, 0.29) is 12.3 Å². The number of sulfonamides is 1. The van der Waals surface area contributed by atoms with Gasteiger partial charge in [0.25, 0.3) is 0 Å². The van der Waals surface area contributed by atoms with Crippen LogP contribution in [0.3, 0.4) is 0 Å². The number of nitrogens with one attached hydrogen (secondary N) is 1. The lowest BCUT2D eigenvalue weighted by atomic mass is 10.5. The van der Waals surface area contributed by atoms with Gasteiger partial charge in [-0.15, -0.1) is 0 Å². The van der Waals surface area contributed by atoms with E-state index in [1.807, 2.05) is 6.92 Å². The fraction of sp³-hybridized carbons (Fsp3) is 0.429. The van der Waals surface area contributed by atoms with Crippen molar-refractivity contribution >= 4 is 16.0 Å². The minimum atomic E-state index is -3.42. The number of hydrogen-bond donors (Lipinski definition) is 2. The van der Waals surface area contributed by atoms with Crippen molar-refractivity contribution in [2.45, 2.75) is 6.92 Å². The number of anilines is 1. The Kier molecular flexibility index (Phi) is 3.37. The first-order valence-corrected chi connectivity index (χ1v) is 5.73. The molecule has 7 heteroatoms. The van der Waals surface area contributed by atoms with Crippen LogP contribution in [0.2, 0.25) is 0 Å². The van der Waals surface area contributed by atoms with Gasteiger partial charge in [0.15, 0.2) is 0 Å². The molecule has 0 aliphatic rings. The maximum atomic E-state index is 10.6. The molecule has 0 saturated heterocycles. The highest BCUT2D eigenvalue weighted by atomic mass is 32.2. The highest BCUT2D eigenvalue weighted by Gasteiger charge is 2.02. The molecule has 0 amide bonds. The van der Waals surface area contributed by atoms with Gasteiger partial charge in [0, 0.05) is 18.4 Å². The van der Waals surface area contributed by atoms with Crippen LogP contribution in [0.1, 0.15) is 5.69 Å².